The summed E-state index contributed by atoms with van der Waals surface area (Å²) in [4.78, 5) is 0. The van der Waals surface area contributed by atoms with Gasteiger partial charge < -0.3 is 9.05 Å². The normalized spacial score (nSPS) is 32.7. The molecule has 0 radical (unpaired) electrons. The Morgan fingerprint density at radius 1 is 1.71 bits per heavy atom. The van der Waals surface area contributed by atoms with Crippen LogP contribution in [0.2, 0.25) is 0 Å². The quantitative estimate of drug-likeness (QED) is 0.762. The molecule has 0 aromatic heterocycles. The van der Waals surface area contributed by atoms with E-state index in [-0.39, 0.29) is 6.10 Å². The number of hydrogen-bond donors (Lipinski definition) is 1. The van der Waals surface area contributed by atoms with Gasteiger partial charge in [0.15, 0.2) is 0 Å². The third kappa shape index (κ3) is 4.17. The number of rotatable bonds is 5. The van der Waals surface area contributed by atoms with Gasteiger partial charge in [0, 0.05) is 6.04 Å². The lowest BCUT2D eigenvalue weighted by Gasteiger charge is -2.18. The zero-order chi connectivity index (χ0) is 10.6. The molecule has 0 bridgehead atoms. The Bertz CT molecular complexity index is 225. The molecule has 1 N–H and O–H groups in total. The minimum Gasteiger partial charge on any atom is -0.316 e. The van der Waals surface area contributed by atoms with Gasteiger partial charge in [0.1, 0.15) is 0 Å². The van der Waals surface area contributed by atoms with Gasteiger partial charge in [-0.2, -0.15) is 11.8 Å². The van der Waals surface area contributed by atoms with Gasteiger partial charge in [0.05, 0.1) is 12.7 Å². The zero-order valence-electron chi connectivity index (χ0n) is 8.86. The van der Waals surface area contributed by atoms with Crippen LogP contribution in [0.25, 0.3) is 0 Å². The van der Waals surface area contributed by atoms with E-state index in [1.54, 1.807) is 0 Å². The van der Waals surface area contributed by atoms with Crippen LogP contribution in [-0.2, 0) is 20.9 Å². The summed E-state index contributed by atoms with van der Waals surface area (Å²) in [5.74, 6) is 1.14. The first-order chi connectivity index (χ1) is 6.56. The van der Waals surface area contributed by atoms with Crippen molar-refractivity contribution in [2.45, 2.75) is 32.4 Å². The minimum atomic E-state index is -2.15. The van der Waals surface area contributed by atoms with Crippen molar-refractivity contribution in [1.29, 1.82) is 0 Å². The van der Waals surface area contributed by atoms with Crippen molar-refractivity contribution in [3.05, 3.63) is 0 Å². The lowest BCUT2D eigenvalue weighted by atomic mass is 10.3. The Hall–Kier alpha value is 0.880. The highest BCUT2D eigenvalue weighted by molar-refractivity contribution is 8.09. The Balaban J connectivity index is 2.35. The molecule has 14 heavy (non-hydrogen) atoms. The summed E-state index contributed by atoms with van der Waals surface area (Å²) in [7, 11) is 0. The van der Waals surface area contributed by atoms with Crippen molar-refractivity contribution >= 4 is 30.2 Å². The van der Waals surface area contributed by atoms with Crippen molar-refractivity contribution in [2.24, 2.45) is 0 Å². The van der Waals surface area contributed by atoms with Crippen molar-refractivity contribution in [2.75, 3.05) is 18.6 Å². The van der Waals surface area contributed by atoms with Gasteiger partial charge in [-0.1, -0.05) is 0 Å². The lowest BCUT2D eigenvalue weighted by molar-refractivity contribution is 0.218. The first-order valence-electron chi connectivity index (χ1n) is 4.75. The van der Waals surface area contributed by atoms with E-state index in [1.807, 2.05) is 25.6 Å². The van der Waals surface area contributed by atoms with Gasteiger partial charge in [0.25, 0.3) is 6.64 Å². The molecule has 1 aliphatic rings. The van der Waals surface area contributed by atoms with Crippen LogP contribution in [0.4, 0.5) is 0 Å². The van der Waals surface area contributed by atoms with Gasteiger partial charge >= 0.3 is 0 Å². The van der Waals surface area contributed by atoms with Crippen LogP contribution in [0.5, 0.6) is 0 Å². The number of nitrogens with one attached hydrogen (secondary N) is 1. The van der Waals surface area contributed by atoms with Crippen LogP contribution in [0, 0.1) is 0 Å². The molecule has 1 heterocycles. The highest BCUT2D eigenvalue weighted by Crippen LogP contribution is 2.50. The van der Waals surface area contributed by atoms with Crippen LogP contribution in [0.1, 0.15) is 20.3 Å². The smallest absolute Gasteiger partial charge is 0.261 e. The molecule has 6 heteroatoms. The summed E-state index contributed by atoms with van der Waals surface area (Å²) in [6.45, 7) is 2.51. The predicted molar refractivity (Wildman–Crippen MR) is 66.4 cm³/mol. The SMILES string of the molecule is CSCC[C@H]1COP(=S)(OC(C)C)N1. The molecule has 0 aromatic rings. The summed E-state index contributed by atoms with van der Waals surface area (Å²) < 4.78 is 11.1. The summed E-state index contributed by atoms with van der Waals surface area (Å²) in [6.07, 6.45) is 3.34. The zero-order valence-corrected chi connectivity index (χ0v) is 11.4. The fraction of sp³-hybridized carbons (Fsp3) is 1.00. The third-order valence-electron chi connectivity index (χ3n) is 1.81. The standard InChI is InChI=1S/C8H18NO2PS2/c1-7(2)11-12(13)9-8(6-10-12)4-5-14-3/h7-8H,4-6H2,1-3H3,(H,9,13)/t8-,12?/m0/s1. The van der Waals surface area contributed by atoms with Crippen LogP contribution >= 0.6 is 18.4 Å². The molecule has 2 atom stereocenters. The average Bonchev–Trinajstić information content (AvgIpc) is 2.42. The van der Waals surface area contributed by atoms with Crippen molar-refractivity contribution in [3.63, 3.8) is 0 Å². The van der Waals surface area contributed by atoms with Crippen LogP contribution in [0.15, 0.2) is 0 Å². The second-order valence-corrected chi connectivity index (χ2v) is 7.70. The maximum absolute atomic E-state index is 5.59. The van der Waals surface area contributed by atoms with E-state index in [2.05, 4.69) is 11.3 Å². The number of thioether (sulfide) groups is 1. The third-order valence-corrected chi connectivity index (χ3v) is 5.21. The Morgan fingerprint density at radius 3 is 3.00 bits per heavy atom. The molecule has 84 valence electrons. The molecular weight excluding hydrogens is 237 g/mol. The highest BCUT2D eigenvalue weighted by Gasteiger charge is 2.32. The topological polar surface area (TPSA) is 30.5 Å². The predicted octanol–water partition coefficient (Wildman–Crippen LogP) is 2.38. The molecule has 0 amide bonds. The fourth-order valence-electron chi connectivity index (χ4n) is 1.23. The largest absolute Gasteiger partial charge is 0.316 e. The molecule has 1 saturated heterocycles. The Kier molecular flexibility index (Phi) is 5.39. The fourth-order valence-corrected chi connectivity index (χ4v) is 4.68. The molecule has 0 spiro atoms. The second kappa shape index (κ2) is 5.83. The first-order valence-corrected chi connectivity index (χ1v) is 8.78. The maximum atomic E-state index is 5.59. The molecule has 1 unspecified atom stereocenters. The van der Waals surface area contributed by atoms with Crippen molar-refractivity contribution in [3.8, 4) is 0 Å². The minimum absolute atomic E-state index is 0.132. The summed E-state index contributed by atoms with van der Waals surface area (Å²) >= 11 is 7.16. The molecule has 1 aliphatic heterocycles. The van der Waals surface area contributed by atoms with E-state index in [9.17, 15) is 0 Å². The second-order valence-electron chi connectivity index (χ2n) is 3.55. The first kappa shape index (κ1) is 12.9. The Labute approximate surface area is 95.5 Å². The monoisotopic (exact) mass is 255 g/mol. The van der Waals surface area contributed by atoms with Crippen LogP contribution in [-0.4, -0.2) is 30.8 Å². The molecule has 0 aromatic carbocycles. The van der Waals surface area contributed by atoms with E-state index in [4.69, 9.17) is 20.9 Å². The molecule has 1 rings (SSSR count). The molecule has 1 fully saturated rings. The average molecular weight is 255 g/mol. The summed E-state index contributed by atoms with van der Waals surface area (Å²) in [5, 5.41) is 3.30. The van der Waals surface area contributed by atoms with Gasteiger partial charge in [-0.3, -0.25) is 0 Å². The highest BCUT2D eigenvalue weighted by atomic mass is 32.5. The van der Waals surface area contributed by atoms with Crippen LogP contribution in [0.3, 0.4) is 0 Å². The van der Waals surface area contributed by atoms with E-state index in [0.29, 0.717) is 12.6 Å². The van der Waals surface area contributed by atoms with Gasteiger partial charge in [-0.15, -0.1) is 0 Å². The van der Waals surface area contributed by atoms with Crippen LogP contribution < -0.4 is 5.09 Å². The molecule has 0 aliphatic carbocycles. The molecule has 0 saturated carbocycles. The Morgan fingerprint density at radius 2 is 2.43 bits per heavy atom. The van der Waals surface area contributed by atoms with Gasteiger partial charge in [0.2, 0.25) is 0 Å². The van der Waals surface area contributed by atoms with Crippen molar-refractivity contribution < 1.29 is 9.05 Å². The van der Waals surface area contributed by atoms with E-state index in [0.717, 1.165) is 12.2 Å². The summed E-state index contributed by atoms with van der Waals surface area (Å²) in [6, 6.07) is 0.382. The lowest BCUT2D eigenvalue weighted by Crippen LogP contribution is -2.23. The molecular formula is C8H18NO2PS2. The van der Waals surface area contributed by atoms with Gasteiger partial charge in [-0.25, -0.2) is 5.09 Å². The van der Waals surface area contributed by atoms with E-state index >= 15 is 0 Å². The number of hydrogen-bond acceptors (Lipinski definition) is 4. The van der Waals surface area contributed by atoms with Gasteiger partial charge in [-0.05, 0) is 44.1 Å². The summed E-state index contributed by atoms with van der Waals surface area (Å²) in [5.41, 5.74) is 0. The van der Waals surface area contributed by atoms with Crippen molar-refractivity contribution in [1.82, 2.24) is 5.09 Å². The van der Waals surface area contributed by atoms with E-state index in [1.165, 1.54) is 0 Å². The maximum Gasteiger partial charge on any atom is 0.261 e. The molecule has 3 nitrogen and oxygen atoms in total. The van der Waals surface area contributed by atoms with E-state index < -0.39 is 6.64 Å².